The van der Waals surface area contributed by atoms with E-state index in [0.29, 0.717) is 0 Å². The highest BCUT2D eigenvalue weighted by Gasteiger charge is 2.21. The zero-order chi connectivity index (χ0) is 17.2. The number of nitrogens with one attached hydrogen (secondary N) is 1. The van der Waals surface area contributed by atoms with Crippen LogP contribution in [-0.4, -0.2) is 23.9 Å². The van der Waals surface area contributed by atoms with Crippen LogP contribution in [0.15, 0.2) is 48.5 Å². The smallest absolute Gasteiger partial charge is 0.160 e. The lowest BCUT2D eigenvalue weighted by Crippen LogP contribution is -2.28. The summed E-state index contributed by atoms with van der Waals surface area (Å²) in [5.41, 5.74) is 2.16. The highest BCUT2D eigenvalue weighted by molar-refractivity contribution is 5.97. The lowest BCUT2D eigenvalue weighted by Gasteiger charge is -2.26. The Kier molecular flexibility index (Phi) is 4.38. The van der Waals surface area contributed by atoms with E-state index in [9.17, 15) is 0 Å². The summed E-state index contributed by atoms with van der Waals surface area (Å²) < 4.78 is 5.53. The second-order valence-corrected chi connectivity index (χ2v) is 6.62. The monoisotopic (exact) mass is 321 g/mol. The fourth-order valence-corrected chi connectivity index (χ4v) is 2.90. The van der Waals surface area contributed by atoms with Crippen molar-refractivity contribution in [3.8, 4) is 5.75 Å². The molecule has 0 unspecified atom stereocenters. The Morgan fingerprint density at radius 3 is 2.46 bits per heavy atom. The molecule has 0 bridgehead atoms. The van der Waals surface area contributed by atoms with Crippen molar-refractivity contribution < 1.29 is 4.74 Å². The van der Waals surface area contributed by atoms with E-state index in [1.54, 1.807) is 7.11 Å². The minimum absolute atomic E-state index is 0.0256. The van der Waals surface area contributed by atoms with E-state index in [1.165, 1.54) is 5.56 Å². The average Bonchev–Trinajstić information content (AvgIpc) is 2.61. The SMILES string of the molecule is COc1cccc2c(C)nnc(NCC(C)(C)c3ccccc3)c12. The molecule has 24 heavy (non-hydrogen) atoms. The van der Waals surface area contributed by atoms with Crippen LogP contribution in [0.4, 0.5) is 5.82 Å². The van der Waals surface area contributed by atoms with Gasteiger partial charge in [0, 0.05) is 17.3 Å². The fraction of sp³-hybridized carbons (Fsp3) is 0.300. The van der Waals surface area contributed by atoms with Gasteiger partial charge in [0.2, 0.25) is 0 Å². The van der Waals surface area contributed by atoms with E-state index in [2.05, 4.69) is 59.7 Å². The molecular formula is C20H23N3O. The summed E-state index contributed by atoms with van der Waals surface area (Å²) in [5, 5.41) is 14.2. The van der Waals surface area contributed by atoms with Crippen LogP contribution in [0.2, 0.25) is 0 Å². The molecule has 0 aliphatic rings. The van der Waals surface area contributed by atoms with E-state index in [0.717, 1.165) is 34.6 Å². The molecule has 4 heteroatoms. The number of ether oxygens (including phenoxy) is 1. The minimum Gasteiger partial charge on any atom is -0.496 e. The lowest BCUT2D eigenvalue weighted by molar-refractivity contribution is 0.419. The summed E-state index contributed by atoms with van der Waals surface area (Å²) in [6.45, 7) is 7.15. The molecule has 0 atom stereocenters. The van der Waals surface area contributed by atoms with Gasteiger partial charge in [-0.15, -0.1) is 5.10 Å². The van der Waals surface area contributed by atoms with Gasteiger partial charge in [0.15, 0.2) is 5.82 Å². The predicted octanol–water partition coefficient (Wildman–Crippen LogP) is 4.34. The van der Waals surface area contributed by atoms with Gasteiger partial charge in [0.25, 0.3) is 0 Å². The molecule has 0 spiro atoms. The molecule has 3 rings (SSSR count). The summed E-state index contributed by atoms with van der Waals surface area (Å²) in [4.78, 5) is 0. The number of hydrogen-bond donors (Lipinski definition) is 1. The normalized spacial score (nSPS) is 11.5. The molecule has 2 aromatic carbocycles. The molecule has 1 aromatic heterocycles. The highest BCUT2D eigenvalue weighted by atomic mass is 16.5. The zero-order valence-corrected chi connectivity index (χ0v) is 14.6. The number of benzene rings is 2. The molecule has 0 saturated heterocycles. The van der Waals surface area contributed by atoms with Crippen molar-refractivity contribution >= 4 is 16.6 Å². The standard InChI is InChI=1S/C20H23N3O/c1-14-16-11-8-12-17(24-4)18(16)19(23-22-14)21-13-20(2,3)15-9-6-5-7-10-15/h5-12H,13H2,1-4H3,(H,21,23). The van der Waals surface area contributed by atoms with Crippen LogP contribution in [0.1, 0.15) is 25.1 Å². The quantitative estimate of drug-likeness (QED) is 0.759. The summed E-state index contributed by atoms with van der Waals surface area (Å²) >= 11 is 0. The van der Waals surface area contributed by atoms with Gasteiger partial charge >= 0.3 is 0 Å². The van der Waals surface area contributed by atoms with Crippen LogP contribution in [0, 0.1) is 6.92 Å². The maximum Gasteiger partial charge on any atom is 0.160 e. The van der Waals surface area contributed by atoms with Crippen molar-refractivity contribution in [1.29, 1.82) is 0 Å². The maximum absolute atomic E-state index is 5.53. The van der Waals surface area contributed by atoms with Gasteiger partial charge in [-0.3, -0.25) is 0 Å². The summed E-state index contributed by atoms with van der Waals surface area (Å²) in [6.07, 6.45) is 0. The topological polar surface area (TPSA) is 47.0 Å². The second kappa shape index (κ2) is 6.48. The molecule has 0 fully saturated rings. The van der Waals surface area contributed by atoms with E-state index in [-0.39, 0.29) is 5.41 Å². The van der Waals surface area contributed by atoms with Gasteiger partial charge in [-0.05, 0) is 18.6 Å². The summed E-state index contributed by atoms with van der Waals surface area (Å²) in [7, 11) is 1.68. The van der Waals surface area contributed by atoms with Gasteiger partial charge < -0.3 is 10.1 Å². The Morgan fingerprint density at radius 1 is 1.00 bits per heavy atom. The largest absolute Gasteiger partial charge is 0.496 e. The molecule has 1 N–H and O–H groups in total. The van der Waals surface area contributed by atoms with Crippen molar-refractivity contribution in [2.45, 2.75) is 26.2 Å². The van der Waals surface area contributed by atoms with Crippen LogP contribution in [0.5, 0.6) is 5.75 Å². The molecular weight excluding hydrogens is 298 g/mol. The third-order valence-electron chi connectivity index (χ3n) is 4.43. The van der Waals surface area contributed by atoms with Crippen LogP contribution in [0.25, 0.3) is 10.8 Å². The first kappa shape index (κ1) is 16.2. The van der Waals surface area contributed by atoms with Crippen molar-refractivity contribution in [2.75, 3.05) is 19.0 Å². The number of aryl methyl sites for hydroxylation is 1. The number of fused-ring (bicyclic) bond motifs is 1. The zero-order valence-electron chi connectivity index (χ0n) is 14.6. The van der Waals surface area contributed by atoms with Crippen LogP contribution >= 0.6 is 0 Å². The van der Waals surface area contributed by atoms with Gasteiger partial charge in [0.05, 0.1) is 18.2 Å². The minimum atomic E-state index is -0.0256. The summed E-state index contributed by atoms with van der Waals surface area (Å²) in [5.74, 6) is 1.57. The summed E-state index contributed by atoms with van der Waals surface area (Å²) in [6, 6.07) is 16.5. The highest BCUT2D eigenvalue weighted by Crippen LogP contribution is 2.32. The van der Waals surface area contributed by atoms with Crippen LogP contribution in [0.3, 0.4) is 0 Å². The van der Waals surface area contributed by atoms with E-state index in [4.69, 9.17) is 4.74 Å². The molecule has 0 saturated carbocycles. The van der Waals surface area contributed by atoms with Gasteiger partial charge in [-0.25, -0.2) is 0 Å². The van der Waals surface area contributed by atoms with Crippen molar-refractivity contribution in [2.24, 2.45) is 0 Å². The van der Waals surface area contributed by atoms with E-state index < -0.39 is 0 Å². The van der Waals surface area contributed by atoms with Crippen molar-refractivity contribution in [3.05, 3.63) is 59.8 Å². The molecule has 0 amide bonds. The number of methoxy groups -OCH3 is 1. The number of aromatic nitrogens is 2. The molecule has 1 heterocycles. The first-order chi connectivity index (χ1) is 11.5. The second-order valence-electron chi connectivity index (χ2n) is 6.62. The number of hydrogen-bond acceptors (Lipinski definition) is 4. The average molecular weight is 321 g/mol. The molecule has 3 aromatic rings. The van der Waals surface area contributed by atoms with Crippen molar-refractivity contribution in [3.63, 3.8) is 0 Å². The Labute approximate surface area is 142 Å². The number of nitrogens with zero attached hydrogens (tertiary/aromatic N) is 2. The van der Waals surface area contributed by atoms with E-state index in [1.807, 2.05) is 25.1 Å². The maximum atomic E-state index is 5.53. The fourth-order valence-electron chi connectivity index (χ4n) is 2.90. The third-order valence-corrected chi connectivity index (χ3v) is 4.43. The number of rotatable bonds is 5. The van der Waals surface area contributed by atoms with Crippen LogP contribution < -0.4 is 10.1 Å². The first-order valence-electron chi connectivity index (χ1n) is 8.12. The Balaban J connectivity index is 1.95. The number of anilines is 1. The van der Waals surface area contributed by atoms with Gasteiger partial charge in [-0.1, -0.05) is 56.3 Å². The Hall–Kier alpha value is -2.62. The first-order valence-corrected chi connectivity index (χ1v) is 8.12. The lowest BCUT2D eigenvalue weighted by atomic mass is 9.84. The van der Waals surface area contributed by atoms with E-state index >= 15 is 0 Å². The molecule has 0 aliphatic carbocycles. The third kappa shape index (κ3) is 3.04. The van der Waals surface area contributed by atoms with Gasteiger partial charge in [-0.2, -0.15) is 5.10 Å². The predicted molar refractivity (Wildman–Crippen MR) is 98.8 cm³/mol. The van der Waals surface area contributed by atoms with Crippen LogP contribution in [-0.2, 0) is 5.41 Å². The Bertz CT molecular complexity index is 844. The van der Waals surface area contributed by atoms with Crippen molar-refractivity contribution in [1.82, 2.24) is 10.2 Å². The molecule has 0 radical (unpaired) electrons. The molecule has 4 nitrogen and oxygen atoms in total. The van der Waals surface area contributed by atoms with Gasteiger partial charge in [0.1, 0.15) is 5.75 Å². The molecule has 124 valence electrons. The Morgan fingerprint density at radius 2 is 1.75 bits per heavy atom. The molecule has 0 aliphatic heterocycles.